The zero-order valence-corrected chi connectivity index (χ0v) is 14.0. The number of hydrogen-bond donors (Lipinski definition) is 1. The Morgan fingerprint density at radius 3 is 2.12 bits per heavy atom. The molecule has 0 bridgehead atoms. The number of nitrogens with zero attached hydrogens (tertiary/aromatic N) is 3. The number of rotatable bonds is 3. The maximum absolute atomic E-state index is 12.2. The lowest BCUT2D eigenvalue weighted by Gasteiger charge is -2.08. The Balaban J connectivity index is 1.94. The van der Waals surface area contributed by atoms with Gasteiger partial charge < -0.3 is 5.73 Å². The van der Waals surface area contributed by atoms with Crippen molar-refractivity contribution in [1.29, 1.82) is 0 Å². The van der Waals surface area contributed by atoms with Gasteiger partial charge in [0, 0.05) is 20.3 Å². The maximum atomic E-state index is 12.2. The molecule has 0 aliphatic rings. The second kappa shape index (κ2) is 6.60. The average Bonchev–Trinajstić information content (AvgIpc) is 2.66. The van der Waals surface area contributed by atoms with Gasteiger partial charge in [-0.1, -0.05) is 54.6 Å². The highest BCUT2D eigenvalue weighted by molar-refractivity contribution is 5.84. The number of aliphatic imine (C=N–C) groups is 1. The summed E-state index contributed by atoms with van der Waals surface area (Å²) in [5.74, 6) is 0.0465. The summed E-state index contributed by atoms with van der Waals surface area (Å²) in [6.45, 7) is 0. The van der Waals surface area contributed by atoms with Gasteiger partial charge in [0.05, 0.1) is 0 Å². The van der Waals surface area contributed by atoms with Crippen molar-refractivity contribution >= 4 is 17.7 Å². The Morgan fingerprint density at radius 1 is 0.880 bits per heavy atom. The topological polar surface area (TPSA) is 82.4 Å². The number of aromatic nitrogens is 2. The summed E-state index contributed by atoms with van der Waals surface area (Å²) in [7, 11) is 2.91. The van der Waals surface area contributed by atoms with Gasteiger partial charge >= 0.3 is 5.69 Å². The Labute approximate surface area is 144 Å². The van der Waals surface area contributed by atoms with Crippen LogP contribution in [0.3, 0.4) is 0 Å². The summed E-state index contributed by atoms with van der Waals surface area (Å²) < 4.78 is 2.19. The second-order valence-corrected chi connectivity index (χ2v) is 5.69. The predicted octanol–water partition coefficient (Wildman–Crippen LogP) is 2.08. The minimum Gasteiger partial charge on any atom is -0.383 e. The van der Waals surface area contributed by atoms with Crippen molar-refractivity contribution in [2.75, 3.05) is 5.73 Å². The Kier molecular flexibility index (Phi) is 4.35. The fourth-order valence-corrected chi connectivity index (χ4v) is 2.49. The van der Waals surface area contributed by atoms with E-state index in [-0.39, 0.29) is 11.5 Å². The molecule has 0 spiro atoms. The zero-order chi connectivity index (χ0) is 18.0. The molecule has 2 N–H and O–H groups in total. The van der Waals surface area contributed by atoms with Crippen molar-refractivity contribution in [3.05, 3.63) is 81.0 Å². The largest absolute Gasteiger partial charge is 0.383 e. The molecule has 25 heavy (non-hydrogen) atoms. The van der Waals surface area contributed by atoms with E-state index in [1.807, 2.05) is 54.6 Å². The third-order valence-corrected chi connectivity index (χ3v) is 4.05. The first-order chi connectivity index (χ1) is 12.0. The normalized spacial score (nSPS) is 11.1. The molecule has 3 rings (SSSR count). The van der Waals surface area contributed by atoms with Crippen LogP contribution in [0.15, 0.2) is 69.2 Å². The molecule has 2 aromatic carbocycles. The molecule has 6 heteroatoms. The van der Waals surface area contributed by atoms with E-state index in [2.05, 4.69) is 4.99 Å². The summed E-state index contributed by atoms with van der Waals surface area (Å²) in [5.41, 5.74) is 7.96. The van der Waals surface area contributed by atoms with E-state index >= 15 is 0 Å². The van der Waals surface area contributed by atoms with Crippen molar-refractivity contribution in [3.8, 4) is 11.1 Å². The van der Waals surface area contributed by atoms with Crippen LogP contribution in [0.2, 0.25) is 0 Å². The van der Waals surface area contributed by atoms with Crippen molar-refractivity contribution in [2.24, 2.45) is 19.1 Å². The van der Waals surface area contributed by atoms with E-state index in [0.29, 0.717) is 0 Å². The van der Waals surface area contributed by atoms with Crippen molar-refractivity contribution in [1.82, 2.24) is 9.13 Å². The highest BCUT2D eigenvalue weighted by atomic mass is 16.2. The first kappa shape index (κ1) is 16.4. The molecule has 0 saturated heterocycles. The van der Waals surface area contributed by atoms with E-state index in [4.69, 9.17) is 5.73 Å². The third kappa shape index (κ3) is 3.14. The standard InChI is InChI=1S/C19H18N4O2/c1-22-17(20)16(18(24)23(2)19(22)25)21-12-13-8-10-15(11-9-13)14-6-4-3-5-7-14/h3-12H,20H2,1-2H3. The van der Waals surface area contributed by atoms with Crippen LogP contribution in [0, 0.1) is 0 Å². The Hall–Kier alpha value is -3.41. The minimum atomic E-state index is -0.516. The fourth-order valence-electron chi connectivity index (χ4n) is 2.49. The molecule has 3 aromatic rings. The lowest BCUT2D eigenvalue weighted by atomic mass is 10.0. The van der Waals surface area contributed by atoms with Gasteiger partial charge in [-0.3, -0.25) is 13.9 Å². The SMILES string of the molecule is Cn1c(N)c(N=Cc2ccc(-c3ccccc3)cc2)c(=O)n(C)c1=O. The van der Waals surface area contributed by atoms with Crippen molar-refractivity contribution in [3.63, 3.8) is 0 Å². The highest BCUT2D eigenvalue weighted by Gasteiger charge is 2.11. The average molecular weight is 334 g/mol. The lowest BCUT2D eigenvalue weighted by Crippen LogP contribution is -2.37. The first-order valence-electron chi connectivity index (χ1n) is 7.74. The number of hydrogen-bond acceptors (Lipinski definition) is 4. The Bertz CT molecular complexity index is 1050. The van der Waals surface area contributed by atoms with Crippen LogP contribution in [-0.4, -0.2) is 15.3 Å². The van der Waals surface area contributed by atoms with E-state index in [1.165, 1.54) is 18.7 Å². The summed E-state index contributed by atoms with van der Waals surface area (Å²) in [6.07, 6.45) is 1.56. The molecule has 1 heterocycles. The summed E-state index contributed by atoms with van der Waals surface area (Å²) >= 11 is 0. The number of nitrogens with two attached hydrogens (primary N) is 1. The highest BCUT2D eigenvalue weighted by Crippen LogP contribution is 2.19. The van der Waals surface area contributed by atoms with Gasteiger partial charge in [0.15, 0.2) is 5.69 Å². The van der Waals surface area contributed by atoms with Gasteiger partial charge in [0.25, 0.3) is 5.56 Å². The Morgan fingerprint density at radius 2 is 1.48 bits per heavy atom. The monoisotopic (exact) mass is 334 g/mol. The van der Waals surface area contributed by atoms with Crippen molar-refractivity contribution in [2.45, 2.75) is 0 Å². The molecule has 0 radical (unpaired) electrons. The van der Waals surface area contributed by atoms with E-state index in [1.54, 1.807) is 6.21 Å². The van der Waals surface area contributed by atoms with Crippen LogP contribution in [-0.2, 0) is 14.1 Å². The van der Waals surface area contributed by atoms with Crippen LogP contribution >= 0.6 is 0 Å². The lowest BCUT2D eigenvalue weighted by molar-refractivity contribution is 0.695. The zero-order valence-electron chi connectivity index (χ0n) is 14.0. The van der Waals surface area contributed by atoms with Gasteiger partial charge in [0.2, 0.25) is 0 Å². The smallest absolute Gasteiger partial charge is 0.332 e. The van der Waals surface area contributed by atoms with Crippen LogP contribution in [0.4, 0.5) is 11.5 Å². The van der Waals surface area contributed by atoms with Crippen molar-refractivity contribution < 1.29 is 0 Å². The fraction of sp³-hybridized carbons (Fsp3) is 0.105. The molecule has 0 aliphatic carbocycles. The van der Waals surface area contributed by atoms with Crippen LogP contribution < -0.4 is 17.0 Å². The molecule has 0 fully saturated rings. The van der Waals surface area contributed by atoms with E-state index in [0.717, 1.165) is 21.3 Å². The molecule has 1 aromatic heterocycles. The van der Waals surface area contributed by atoms with Gasteiger partial charge in [0.1, 0.15) is 5.82 Å². The molecule has 0 amide bonds. The van der Waals surface area contributed by atoms with Crippen LogP contribution in [0.1, 0.15) is 5.56 Å². The molecule has 126 valence electrons. The summed E-state index contributed by atoms with van der Waals surface area (Å²) in [4.78, 5) is 28.2. The van der Waals surface area contributed by atoms with Gasteiger partial charge in [-0.25, -0.2) is 9.79 Å². The van der Waals surface area contributed by atoms with Crippen LogP contribution in [0.25, 0.3) is 11.1 Å². The molecule has 6 nitrogen and oxygen atoms in total. The first-order valence-corrected chi connectivity index (χ1v) is 7.74. The minimum absolute atomic E-state index is 0.0465. The van der Waals surface area contributed by atoms with Crippen LogP contribution in [0.5, 0.6) is 0 Å². The molecular formula is C19H18N4O2. The van der Waals surface area contributed by atoms with Gasteiger partial charge in [-0.2, -0.15) is 0 Å². The molecular weight excluding hydrogens is 316 g/mol. The molecule has 0 unspecified atom stereocenters. The molecule has 0 saturated carbocycles. The number of nitrogen functional groups attached to an aromatic ring is 1. The summed E-state index contributed by atoms with van der Waals surface area (Å²) in [5, 5.41) is 0. The van der Waals surface area contributed by atoms with Gasteiger partial charge in [-0.15, -0.1) is 0 Å². The quantitative estimate of drug-likeness (QED) is 0.745. The van der Waals surface area contributed by atoms with E-state index < -0.39 is 11.2 Å². The third-order valence-electron chi connectivity index (χ3n) is 4.05. The predicted molar refractivity (Wildman–Crippen MR) is 100 cm³/mol. The molecule has 0 atom stereocenters. The van der Waals surface area contributed by atoms with Gasteiger partial charge in [-0.05, 0) is 16.7 Å². The van der Waals surface area contributed by atoms with E-state index in [9.17, 15) is 9.59 Å². The number of anilines is 1. The summed E-state index contributed by atoms with van der Waals surface area (Å²) in [6, 6.07) is 17.8. The second-order valence-electron chi connectivity index (χ2n) is 5.69. The molecule has 0 aliphatic heterocycles. The maximum Gasteiger partial charge on any atom is 0.332 e. The number of benzene rings is 2.